The Bertz CT molecular complexity index is 246. The Balaban J connectivity index is 1.80. The predicted octanol–water partition coefficient (Wildman–Crippen LogP) is 1.42. The van der Waals surface area contributed by atoms with E-state index in [9.17, 15) is 4.79 Å². The quantitative estimate of drug-likeness (QED) is 0.721. The highest BCUT2D eigenvalue weighted by atomic mass is 16.1. The molecule has 2 saturated carbocycles. The minimum atomic E-state index is -0.138. The van der Waals surface area contributed by atoms with Crippen LogP contribution in [0.5, 0.6) is 0 Å². The van der Waals surface area contributed by atoms with Crippen molar-refractivity contribution in [2.24, 2.45) is 17.6 Å². The second-order valence-corrected chi connectivity index (χ2v) is 5.45. The molecule has 15 heavy (non-hydrogen) atoms. The number of nitrogens with two attached hydrogens (primary N) is 1. The molecule has 0 aromatic carbocycles. The van der Waals surface area contributed by atoms with Crippen LogP contribution in [0.2, 0.25) is 0 Å². The number of rotatable bonds is 5. The van der Waals surface area contributed by atoms with Gasteiger partial charge in [-0.25, -0.2) is 0 Å². The zero-order chi connectivity index (χ0) is 10.9. The first-order valence-corrected chi connectivity index (χ1v) is 6.15. The van der Waals surface area contributed by atoms with E-state index in [0.29, 0.717) is 24.8 Å². The molecule has 0 saturated heterocycles. The molecule has 0 aromatic heterocycles. The summed E-state index contributed by atoms with van der Waals surface area (Å²) in [6.45, 7) is 2.65. The van der Waals surface area contributed by atoms with Gasteiger partial charge in [0.05, 0.1) is 5.54 Å². The average molecular weight is 210 g/mol. The second kappa shape index (κ2) is 4.12. The Hall–Kier alpha value is -0.570. The van der Waals surface area contributed by atoms with Crippen LogP contribution in [0.1, 0.15) is 45.4 Å². The summed E-state index contributed by atoms with van der Waals surface area (Å²) in [7, 11) is 0. The summed E-state index contributed by atoms with van der Waals surface area (Å²) in [5.41, 5.74) is 5.62. The standard InChI is InChI=1S/C12H22N2O/c1-12(8-13,10-5-6-10)14-11(15)7-9-3-2-4-9/h9-10H,2-8,13H2,1H3,(H,14,15). The van der Waals surface area contributed by atoms with Crippen LogP contribution in [0.15, 0.2) is 0 Å². The molecule has 3 heteroatoms. The van der Waals surface area contributed by atoms with Gasteiger partial charge >= 0.3 is 0 Å². The van der Waals surface area contributed by atoms with Crippen LogP contribution in [0.4, 0.5) is 0 Å². The molecule has 2 aliphatic carbocycles. The Morgan fingerprint density at radius 3 is 2.47 bits per heavy atom. The van der Waals surface area contributed by atoms with Gasteiger partial charge in [0.2, 0.25) is 5.91 Å². The van der Waals surface area contributed by atoms with E-state index >= 15 is 0 Å². The Morgan fingerprint density at radius 1 is 1.40 bits per heavy atom. The first kappa shape index (κ1) is 10.9. The minimum Gasteiger partial charge on any atom is -0.349 e. The van der Waals surface area contributed by atoms with Crippen LogP contribution in [0, 0.1) is 11.8 Å². The van der Waals surface area contributed by atoms with Crippen LogP contribution >= 0.6 is 0 Å². The lowest BCUT2D eigenvalue weighted by Gasteiger charge is -2.32. The van der Waals surface area contributed by atoms with Crippen molar-refractivity contribution in [3.05, 3.63) is 0 Å². The molecule has 1 amide bonds. The zero-order valence-corrected chi connectivity index (χ0v) is 9.59. The van der Waals surface area contributed by atoms with Crippen molar-refractivity contribution < 1.29 is 4.79 Å². The van der Waals surface area contributed by atoms with E-state index in [2.05, 4.69) is 12.2 Å². The maximum absolute atomic E-state index is 11.8. The molecule has 0 aliphatic heterocycles. The summed E-state index contributed by atoms with van der Waals surface area (Å²) in [5, 5.41) is 3.14. The van der Waals surface area contributed by atoms with Gasteiger partial charge in [-0.05, 0) is 44.4 Å². The van der Waals surface area contributed by atoms with Crippen molar-refractivity contribution in [3.63, 3.8) is 0 Å². The number of carbonyl (C=O) groups is 1. The molecule has 86 valence electrons. The van der Waals surface area contributed by atoms with Crippen molar-refractivity contribution in [1.29, 1.82) is 0 Å². The van der Waals surface area contributed by atoms with Crippen molar-refractivity contribution in [2.45, 2.75) is 51.0 Å². The molecule has 2 rings (SSSR count). The van der Waals surface area contributed by atoms with E-state index in [1.54, 1.807) is 0 Å². The molecule has 1 unspecified atom stereocenters. The van der Waals surface area contributed by atoms with Gasteiger partial charge < -0.3 is 11.1 Å². The summed E-state index contributed by atoms with van der Waals surface area (Å²) < 4.78 is 0. The molecule has 2 fully saturated rings. The molecular formula is C12H22N2O. The minimum absolute atomic E-state index is 0.138. The van der Waals surface area contributed by atoms with Gasteiger partial charge in [-0.3, -0.25) is 4.79 Å². The van der Waals surface area contributed by atoms with Crippen LogP contribution in [-0.4, -0.2) is 18.0 Å². The van der Waals surface area contributed by atoms with Gasteiger partial charge in [0.15, 0.2) is 0 Å². The van der Waals surface area contributed by atoms with Crippen molar-refractivity contribution in [2.75, 3.05) is 6.54 Å². The number of amides is 1. The third-order valence-electron chi connectivity index (χ3n) is 4.03. The van der Waals surface area contributed by atoms with Crippen LogP contribution < -0.4 is 11.1 Å². The summed E-state index contributed by atoms with van der Waals surface area (Å²) in [6.07, 6.45) is 6.91. The lowest BCUT2D eigenvalue weighted by Crippen LogP contribution is -2.53. The topological polar surface area (TPSA) is 55.1 Å². The second-order valence-electron chi connectivity index (χ2n) is 5.45. The molecule has 1 atom stereocenters. The first-order valence-electron chi connectivity index (χ1n) is 6.15. The predicted molar refractivity (Wildman–Crippen MR) is 60.3 cm³/mol. The van der Waals surface area contributed by atoms with Crippen molar-refractivity contribution in [1.82, 2.24) is 5.32 Å². The van der Waals surface area contributed by atoms with Gasteiger partial charge in [-0.2, -0.15) is 0 Å². The highest BCUT2D eigenvalue weighted by Gasteiger charge is 2.41. The van der Waals surface area contributed by atoms with E-state index in [4.69, 9.17) is 5.73 Å². The maximum atomic E-state index is 11.8. The highest BCUT2D eigenvalue weighted by molar-refractivity contribution is 5.77. The van der Waals surface area contributed by atoms with Crippen molar-refractivity contribution in [3.8, 4) is 0 Å². The SMILES string of the molecule is CC(CN)(NC(=O)CC1CCC1)C1CC1. The Kier molecular flexibility index (Phi) is 3.01. The maximum Gasteiger partial charge on any atom is 0.220 e. The van der Waals surface area contributed by atoms with E-state index in [1.165, 1.54) is 32.1 Å². The fourth-order valence-corrected chi connectivity index (χ4v) is 2.37. The summed E-state index contributed by atoms with van der Waals surface area (Å²) >= 11 is 0. The number of hydrogen-bond donors (Lipinski definition) is 2. The Morgan fingerprint density at radius 2 is 2.07 bits per heavy atom. The van der Waals surface area contributed by atoms with E-state index < -0.39 is 0 Å². The van der Waals surface area contributed by atoms with Gasteiger partial charge in [-0.1, -0.05) is 6.42 Å². The fraction of sp³-hybridized carbons (Fsp3) is 0.917. The lowest BCUT2D eigenvalue weighted by molar-refractivity contribution is -0.124. The molecule has 0 radical (unpaired) electrons. The third-order valence-corrected chi connectivity index (χ3v) is 4.03. The lowest BCUT2D eigenvalue weighted by atomic mass is 9.82. The first-order chi connectivity index (χ1) is 7.14. The van der Waals surface area contributed by atoms with Gasteiger partial charge in [0, 0.05) is 13.0 Å². The van der Waals surface area contributed by atoms with E-state index in [0.717, 1.165) is 0 Å². The van der Waals surface area contributed by atoms with Crippen LogP contribution in [0.3, 0.4) is 0 Å². The number of nitrogens with one attached hydrogen (secondary N) is 1. The largest absolute Gasteiger partial charge is 0.349 e. The van der Waals surface area contributed by atoms with Gasteiger partial charge in [0.1, 0.15) is 0 Å². The smallest absolute Gasteiger partial charge is 0.220 e. The molecule has 0 bridgehead atoms. The van der Waals surface area contributed by atoms with Crippen LogP contribution in [-0.2, 0) is 4.79 Å². The molecule has 0 spiro atoms. The van der Waals surface area contributed by atoms with Crippen molar-refractivity contribution >= 4 is 5.91 Å². The highest BCUT2D eigenvalue weighted by Crippen LogP contribution is 2.39. The average Bonchev–Trinajstić information content (AvgIpc) is 2.94. The van der Waals surface area contributed by atoms with Gasteiger partial charge in [0.25, 0.3) is 0 Å². The third kappa shape index (κ3) is 2.51. The van der Waals surface area contributed by atoms with E-state index in [-0.39, 0.29) is 11.4 Å². The Labute approximate surface area is 91.8 Å². The number of hydrogen-bond acceptors (Lipinski definition) is 2. The fourth-order valence-electron chi connectivity index (χ4n) is 2.37. The monoisotopic (exact) mass is 210 g/mol. The molecule has 0 aromatic rings. The molecule has 3 nitrogen and oxygen atoms in total. The summed E-state index contributed by atoms with van der Waals surface area (Å²) in [6, 6.07) is 0. The molecule has 2 aliphatic rings. The van der Waals surface area contributed by atoms with Gasteiger partial charge in [-0.15, -0.1) is 0 Å². The summed E-state index contributed by atoms with van der Waals surface area (Å²) in [5.74, 6) is 1.47. The zero-order valence-electron chi connectivity index (χ0n) is 9.59. The summed E-state index contributed by atoms with van der Waals surface area (Å²) in [4.78, 5) is 11.8. The normalized spacial score (nSPS) is 25.5. The van der Waals surface area contributed by atoms with Crippen LogP contribution in [0.25, 0.3) is 0 Å². The molecular weight excluding hydrogens is 188 g/mol. The van der Waals surface area contributed by atoms with E-state index in [1.807, 2.05) is 0 Å². The number of carbonyl (C=O) groups excluding carboxylic acids is 1. The molecule has 0 heterocycles. The molecule has 3 N–H and O–H groups in total.